The largest absolute Gasteiger partial charge is 0.465 e. The van der Waals surface area contributed by atoms with Crippen LogP contribution in [0.5, 0.6) is 0 Å². The van der Waals surface area contributed by atoms with Crippen LogP contribution in [0.4, 0.5) is 4.79 Å². The highest BCUT2D eigenvalue weighted by Crippen LogP contribution is 2.12. The van der Waals surface area contributed by atoms with Crippen molar-refractivity contribution >= 4 is 18.5 Å². The van der Waals surface area contributed by atoms with Crippen LogP contribution >= 0.6 is 12.4 Å². The molecule has 148 valence electrons. The molecule has 0 aliphatic carbocycles. The van der Waals surface area contributed by atoms with Crippen molar-refractivity contribution in [3.63, 3.8) is 0 Å². The standard InChI is InChI=1S/C10H21NO4.C5H13NO2.ClH/c1-8(12)7-15-6-5-11(9(13)14)10(2,3)4;1-5(7)4-8-3-2-6;/h8,12H,5-7H2,1-4H3,(H,13,14);5,7H,2-4,6H2,1H3;1H. The molecule has 0 aliphatic heterocycles. The molecule has 0 aromatic carbocycles. The molecule has 0 aromatic rings. The minimum absolute atomic E-state index is 0. The Morgan fingerprint density at radius 3 is 1.79 bits per heavy atom. The Bertz CT molecular complexity index is 298. The Balaban J connectivity index is -0.000000419. The summed E-state index contributed by atoms with van der Waals surface area (Å²) in [5.41, 5.74) is 4.68. The van der Waals surface area contributed by atoms with Gasteiger partial charge in [0.15, 0.2) is 0 Å². The normalized spacial score (nSPS) is 13.2. The van der Waals surface area contributed by atoms with Gasteiger partial charge in [-0.3, -0.25) is 0 Å². The fourth-order valence-corrected chi connectivity index (χ4v) is 1.46. The average Bonchev–Trinajstić information content (AvgIpc) is 2.36. The number of carboxylic acid groups (broad SMARTS) is 1. The van der Waals surface area contributed by atoms with Crippen LogP contribution in [0.1, 0.15) is 34.6 Å². The van der Waals surface area contributed by atoms with Gasteiger partial charge in [-0.1, -0.05) is 0 Å². The molecule has 0 heterocycles. The SMILES string of the molecule is CC(O)COCCN.CC(O)COCCN(C(=O)O)C(C)(C)C.Cl. The minimum atomic E-state index is -0.955. The molecule has 0 aromatic heterocycles. The number of hydrogen-bond donors (Lipinski definition) is 4. The van der Waals surface area contributed by atoms with Crippen LogP contribution in [0.2, 0.25) is 0 Å². The van der Waals surface area contributed by atoms with Crippen molar-refractivity contribution in [1.29, 1.82) is 0 Å². The molecular weight excluding hydrogens is 340 g/mol. The molecule has 0 saturated carbocycles. The number of ether oxygens (including phenoxy) is 2. The van der Waals surface area contributed by atoms with Gasteiger partial charge >= 0.3 is 6.09 Å². The highest BCUT2D eigenvalue weighted by atomic mass is 35.5. The average molecular weight is 375 g/mol. The van der Waals surface area contributed by atoms with Crippen LogP contribution in [-0.2, 0) is 9.47 Å². The van der Waals surface area contributed by atoms with E-state index in [4.69, 9.17) is 30.5 Å². The van der Waals surface area contributed by atoms with E-state index in [9.17, 15) is 4.79 Å². The maximum absolute atomic E-state index is 10.9. The predicted molar refractivity (Wildman–Crippen MR) is 95.8 cm³/mol. The van der Waals surface area contributed by atoms with Gasteiger partial charge in [0.1, 0.15) is 0 Å². The van der Waals surface area contributed by atoms with Crippen LogP contribution in [0.3, 0.4) is 0 Å². The van der Waals surface area contributed by atoms with E-state index < -0.39 is 17.7 Å². The number of nitrogens with two attached hydrogens (primary N) is 1. The van der Waals surface area contributed by atoms with Crippen molar-refractivity contribution in [2.45, 2.75) is 52.4 Å². The Morgan fingerprint density at radius 1 is 1.08 bits per heavy atom. The van der Waals surface area contributed by atoms with Crippen LogP contribution in [-0.4, -0.2) is 83.6 Å². The summed E-state index contributed by atoms with van der Waals surface area (Å²) in [6.45, 7) is 11.1. The Kier molecular flexibility index (Phi) is 18.6. The lowest BCUT2D eigenvalue weighted by atomic mass is 10.1. The van der Waals surface area contributed by atoms with Gasteiger partial charge in [-0.2, -0.15) is 0 Å². The summed E-state index contributed by atoms with van der Waals surface area (Å²) >= 11 is 0. The summed E-state index contributed by atoms with van der Waals surface area (Å²) in [6.07, 6.45) is -1.84. The van der Waals surface area contributed by atoms with Gasteiger partial charge in [0.2, 0.25) is 0 Å². The fraction of sp³-hybridized carbons (Fsp3) is 0.933. The van der Waals surface area contributed by atoms with E-state index in [-0.39, 0.29) is 25.1 Å². The van der Waals surface area contributed by atoms with Crippen molar-refractivity contribution < 1.29 is 29.6 Å². The zero-order chi connectivity index (χ0) is 18.5. The second-order valence-electron chi connectivity index (χ2n) is 6.24. The zero-order valence-electron chi connectivity index (χ0n) is 15.4. The van der Waals surface area contributed by atoms with Crippen molar-refractivity contribution in [2.75, 3.05) is 39.5 Å². The molecule has 0 aliphatic rings. The summed E-state index contributed by atoms with van der Waals surface area (Å²) in [5.74, 6) is 0. The van der Waals surface area contributed by atoms with Crippen LogP contribution in [0.25, 0.3) is 0 Å². The molecule has 2 atom stereocenters. The summed E-state index contributed by atoms with van der Waals surface area (Å²) in [6, 6.07) is 0. The van der Waals surface area contributed by atoms with E-state index in [0.29, 0.717) is 32.9 Å². The first-order valence-electron chi connectivity index (χ1n) is 7.74. The van der Waals surface area contributed by atoms with Gasteiger partial charge in [-0.25, -0.2) is 4.79 Å². The number of nitrogens with zero attached hydrogens (tertiary/aromatic N) is 1. The lowest BCUT2D eigenvalue weighted by Gasteiger charge is -2.33. The maximum Gasteiger partial charge on any atom is 0.407 e. The smallest absolute Gasteiger partial charge is 0.407 e. The van der Waals surface area contributed by atoms with E-state index in [0.717, 1.165) is 0 Å². The van der Waals surface area contributed by atoms with E-state index >= 15 is 0 Å². The van der Waals surface area contributed by atoms with E-state index in [2.05, 4.69) is 0 Å². The Hall–Kier alpha value is -0.640. The first kappa shape index (κ1) is 28.2. The number of rotatable bonds is 9. The van der Waals surface area contributed by atoms with Crippen LogP contribution < -0.4 is 5.73 Å². The van der Waals surface area contributed by atoms with Crippen molar-refractivity contribution in [3.05, 3.63) is 0 Å². The van der Waals surface area contributed by atoms with Gasteiger partial charge in [-0.15, -0.1) is 12.4 Å². The fourth-order valence-electron chi connectivity index (χ4n) is 1.46. The van der Waals surface area contributed by atoms with Crippen molar-refractivity contribution in [2.24, 2.45) is 5.73 Å². The van der Waals surface area contributed by atoms with Crippen LogP contribution in [0.15, 0.2) is 0 Å². The van der Waals surface area contributed by atoms with Crippen molar-refractivity contribution in [3.8, 4) is 0 Å². The molecule has 0 spiro atoms. The number of carbonyl (C=O) groups is 1. The number of amides is 1. The van der Waals surface area contributed by atoms with Gasteiger partial charge < -0.3 is 35.4 Å². The van der Waals surface area contributed by atoms with Gasteiger partial charge in [0.05, 0.1) is 38.6 Å². The lowest BCUT2D eigenvalue weighted by molar-refractivity contribution is 0.0238. The minimum Gasteiger partial charge on any atom is -0.465 e. The Morgan fingerprint density at radius 2 is 1.50 bits per heavy atom. The van der Waals surface area contributed by atoms with Crippen LogP contribution in [0, 0.1) is 0 Å². The summed E-state index contributed by atoms with van der Waals surface area (Å²) in [4.78, 5) is 12.2. The first-order valence-corrected chi connectivity index (χ1v) is 7.74. The molecular formula is C15H35ClN2O6. The molecule has 8 nitrogen and oxygen atoms in total. The van der Waals surface area contributed by atoms with Crippen molar-refractivity contribution in [1.82, 2.24) is 4.90 Å². The third kappa shape index (κ3) is 19.4. The molecule has 24 heavy (non-hydrogen) atoms. The topological polar surface area (TPSA) is 125 Å². The molecule has 9 heteroatoms. The van der Waals surface area contributed by atoms with Gasteiger partial charge in [0.25, 0.3) is 0 Å². The molecule has 0 saturated heterocycles. The third-order valence-electron chi connectivity index (χ3n) is 2.48. The second-order valence-corrected chi connectivity index (χ2v) is 6.24. The molecule has 0 radical (unpaired) electrons. The molecule has 2 unspecified atom stereocenters. The number of aliphatic hydroxyl groups is 2. The van der Waals surface area contributed by atoms with E-state index in [1.807, 2.05) is 20.8 Å². The second kappa shape index (κ2) is 15.9. The number of halogens is 1. The summed E-state index contributed by atoms with van der Waals surface area (Å²) in [5, 5.41) is 26.5. The molecule has 0 fully saturated rings. The molecule has 0 rings (SSSR count). The lowest BCUT2D eigenvalue weighted by Crippen LogP contribution is -2.46. The highest BCUT2D eigenvalue weighted by molar-refractivity contribution is 5.85. The molecule has 5 N–H and O–H groups in total. The molecule has 1 amide bonds. The molecule has 0 bridgehead atoms. The number of aliphatic hydroxyl groups excluding tert-OH is 2. The highest BCUT2D eigenvalue weighted by Gasteiger charge is 2.25. The third-order valence-corrected chi connectivity index (χ3v) is 2.48. The summed E-state index contributed by atoms with van der Waals surface area (Å²) in [7, 11) is 0. The number of hydrogen-bond acceptors (Lipinski definition) is 6. The zero-order valence-corrected chi connectivity index (χ0v) is 16.2. The first-order chi connectivity index (χ1) is 10.5. The van der Waals surface area contributed by atoms with E-state index in [1.54, 1.807) is 13.8 Å². The quantitative estimate of drug-likeness (QED) is 0.442. The summed E-state index contributed by atoms with van der Waals surface area (Å²) < 4.78 is 9.99. The maximum atomic E-state index is 10.9. The Labute approximate surface area is 151 Å². The van der Waals surface area contributed by atoms with Gasteiger partial charge in [-0.05, 0) is 34.6 Å². The monoisotopic (exact) mass is 374 g/mol. The van der Waals surface area contributed by atoms with Gasteiger partial charge in [0, 0.05) is 18.6 Å². The predicted octanol–water partition coefficient (Wildman–Crippen LogP) is 0.927. The van der Waals surface area contributed by atoms with E-state index in [1.165, 1.54) is 4.90 Å².